The number of nitrogens with zero attached hydrogens (tertiary/aromatic N) is 1. The Morgan fingerprint density at radius 3 is 2.16 bits per heavy atom. The van der Waals surface area contributed by atoms with E-state index in [-0.39, 0.29) is 11.8 Å². The van der Waals surface area contributed by atoms with Gasteiger partial charge in [-0.05, 0) is 46.3 Å². The van der Waals surface area contributed by atoms with Gasteiger partial charge in [0.05, 0.1) is 0 Å². The summed E-state index contributed by atoms with van der Waals surface area (Å²) in [4.78, 5) is 24.9. The summed E-state index contributed by atoms with van der Waals surface area (Å²) in [6.07, 6.45) is 3.60. The number of carbonyl (C=O) groups excluding carboxylic acids is 2. The van der Waals surface area contributed by atoms with Crippen molar-refractivity contribution in [3.8, 4) is 0 Å². The highest BCUT2D eigenvalue weighted by molar-refractivity contribution is 5.78. The predicted molar refractivity (Wildman–Crippen MR) is 77.9 cm³/mol. The van der Waals surface area contributed by atoms with Crippen molar-refractivity contribution in [1.82, 2.24) is 15.5 Å². The molecule has 0 unspecified atom stereocenters. The number of amides is 2. The van der Waals surface area contributed by atoms with E-state index in [9.17, 15) is 9.59 Å². The van der Waals surface area contributed by atoms with Crippen molar-refractivity contribution < 1.29 is 9.59 Å². The standard InChI is InChI=1S/C14H29N3O2/c1-4-15-13(18)9-8-10-14(19)16-11-6-7-12-17(3)5-2/h4-12H2,1-3H3,(H,15,18)(H,16,19). The van der Waals surface area contributed by atoms with Crippen molar-refractivity contribution in [2.45, 2.75) is 46.0 Å². The second-order valence-corrected chi connectivity index (χ2v) is 4.76. The first kappa shape index (κ1) is 17.9. The van der Waals surface area contributed by atoms with Crippen LogP contribution in [0.5, 0.6) is 0 Å². The summed E-state index contributed by atoms with van der Waals surface area (Å²) in [6.45, 7) is 7.54. The highest BCUT2D eigenvalue weighted by Crippen LogP contribution is 1.96. The van der Waals surface area contributed by atoms with E-state index in [1.165, 1.54) is 0 Å². The molecule has 0 aromatic heterocycles. The van der Waals surface area contributed by atoms with Gasteiger partial charge in [0, 0.05) is 25.9 Å². The zero-order valence-corrected chi connectivity index (χ0v) is 12.6. The third-order valence-electron chi connectivity index (χ3n) is 3.01. The lowest BCUT2D eigenvalue weighted by atomic mass is 10.2. The van der Waals surface area contributed by atoms with E-state index in [1.54, 1.807) is 0 Å². The van der Waals surface area contributed by atoms with E-state index in [4.69, 9.17) is 0 Å². The summed E-state index contributed by atoms with van der Waals surface area (Å²) in [7, 11) is 2.10. The molecular formula is C14H29N3O2. The molecule has 0 radical (unpaired) electrons. The van der Waals surface area contributed by atoms with E-state index in [1.807, 2.05) is 6.92 Å². The highest BCUT2D eigenvalue weighted by atomic mass is 16.2. The van der Waals surface area contributed by atoms with Gasteiger partial charge in [0.1, 0.15) is 0 Å². The normalized spacial score (nSPS) is 10.5. The third-order valence-corrected chi connectivity index (χ3v) is 3.01. The number of rotatable bonds is 11. The second kappa shape index (κ2) is 12.0. The molecule has 5 nitrogen and oxygen atoms in total. The molecule has 0 atom stereocenters. The van der Waals surface area contributed by atoms with Gasteiger partial charge in [-0.3, -0.25) is 9.59 Å². The van der Waals surface area contributed by atoms with Crippen molar-refractivity contribution in [3.63, 3.8) is 0 Å². The van der Waals surface area contributed by atoms with Crippen LogP contribution in [0.15, 0.2) is 0 Å². The minimum atomic E-state index is 0.0258. The van der Waals surface area contributed by atoms with Gasteiger partial charge in [-0.2, -0.15) is 0 Å². The molecule has 0 aliphatic carbocycles. The Morgan fingerprint density at radius 1 is 0.947 bits per heavy atom. The van der Waals surface area contributed by atoms with Crippen LogP contribution in [0.1, 0.15) is 46.0 Å². The monoisotopic (exact) mass is 271 g/mol. The summed E-state index contributed by atoms with van der Waals surface area (Å²) < 4.78 is 0. The Balaban J connectivity index is 3.37. The van der Waals surface area contributed by atoms with Crippen LogP contribution in [0.2, 0.25) is 0 Å². The highest BCUT2D eigenvalue weighted by Gasteiger charge is 2.04. The largest absolute Gasteiger partial charge is 0.356 e. The number of carbonyl (C=O) groups is 2. The molecule has 0 fully saturated rings. The number of hydrogen-bond donors (Lipinski definition) is 2. The van der Waals surface area contributed by atoms with Crippen LogP contribution in [-0.2, 0) is 9.59 Å². The quantitative estimate of drug-likeness (QED) is 0.554. The molecule has 0 saturated carbocycles. The average Bonchev–Trinajstić information content (AvgIpc) is 2.38. The van der Waals surface area contributed by atoms with Gasteiger partial charge in [0.15, 0.2) is 0 Å². The average molecular weight is 271 g/mol. The smallest absolute Gasteiger partial charge is 0.220 e. The molecule has 0 aromatic carbocycles. The van der Waals surface area contributed by atoms with E-state index in [0.29, 0.717) is 25.8 Å². The van der Waals surface area contributed by atoms with Crippen molar-refractivity contribution in [2.75, 3.05) is 33.2 Å². The zero-order valence-electron chi connectivity index (χ0n) is 12.6. The molecule has 5 heteroatoms. The SMILES string of the molecule is CCNC(=O)CCCC(=O)NCCCCN(C)CC. The fraction of sp³-hybridized carbons (Fsp3) is 0.857. The Labute approximate surface area is 117 Å². The first-order valence-electron chi connectivity index (χ1n) is 7.32. The van der Waals surface area contributed by atoms with Gasteiger partial charge in [-0.25, -0.2) is 0 Å². The first-order chi connectivity index (χ1) is 9.10. The maximum Gasteiger partial charge on any atom is 0.220 e. The van der Waals surface area contributed by atoms with Crippen LogP contribution < -0.4 is 10.6 Å². The van der Waals surface area contributed by atoms with Crippen molar-refractivity contribution >= 4 is 11.8 Å². The van der Waals surface area contributed by atoms with Gasteiger partial charge >= 0.3 is 0 Å². The van der Waals surface area contributed by atoms with Crippen LogP contribution in [0.25, 0.3) is 0 Å². The summed E-state index contributed by atoms with van der Waals surface area (Å²) in [6, 6.07) is 0. The Kier molecular flexibility index (Phi) is 11.3. The molecule has 0 aliphatic rings. The molecule has 2 amide bonds. The lowest BCUT2D eigenvalue weighted by molar-refractivity contribution is -0.122. The second-order valence-electron chi connectivity index (χ2n) is 4.76. The minimum absolute atomic E-state index is 0.0258. The van der Waals surface area contributed by atoms with Crippen molar-refractivity contribution in [1.29, 1.82) is 0 Å². The summed E-state index contributed by atoms with van der Waals surface area (Å²) >= 11 is 0. The molecule has 0 bridgehead atoms. The van der Waals surface area contributed by atoms with Crippen LogP contribution in [-0.4, -0.2) is 49.9 Å². The molecule has 0 rings (SSSR count). The number of unbranched alkanes of at least 4 members (excludes halogenated alkanes) is 1. The van der Waals surface area contributed by atoms with E-state index >= 15 is 0 Å². The molecule has 0 saturated heterocycles. The van der Waals surface area contributed by atoms with Gasteiger partial charge in [0.2, 0.25) is 11.8 Å². The lowest BCUT2D eigenvalue weighted by Crippen LogP contribution is -2.26. The molecule has 0 aromatic rings. The molecule has 112 valence electrons. The fourth-order valence-corrected chi connectivity index (χ4v) is 1.68. The van der Waals surface area contributed by atoms with Gasteiger partial charge in [-0.1, -0.05) is 6.92 Å². The number of nitrogens with one attached hydrogen (secondary N) is 2. The Bertz CT molecular complexity index is 257. The van der Waals surface area contributed by atoms with Gasteiger partial charge in [-0.15, -0.1) is 0 Å². The summed E-state index contributed by atoms with van der Waals surface area (Å²) in [5.74, 6) is 0.0750. The van der Waals surface area contributed by atoms with Crippen LogP contribution in [0.4, 0.5) is 0 Å². The molecule has 0 spiro atoms. The summed E-state index contributed by atoms with van der Waals surface area (Å²) in [5, 5.41) is 5.61. The van der Waals surface area contributed by atoms with E-state index in [2.05, 4.69) is 29.5 Å². The summed E-state index contributed by atoms with van der Waals surface area (Å²) in [5.41, 5.74) is 0. The van der Waals surface area contributed by atoms with Crippen LogP contribution in [0, 0.1) is 0 Å². The fourth-order valence-electron chi connectivity index (χ4n) is 1.68. The molecule has 19 heavy (non-hydrogen) atoms. The Hall–Kier alpha value is -1.10. The lowest BCUT2D eigenvalue weighted by Gasteiger charge is -2.13. The predicted octanol–water partition coefficient (Wildman–Crippen LogP) is 1.14. The van der Waals surface area contributed by atoms with Gasteiger partial charge < -0.3 is 15.5 Å². The van der Waals surface area contributed by atoms with E-state index < -0.39 is 0 Å². The molecule has 2 N–H and O–H groups in total. The molecule has 0 aliphatic heterocycles. The molecular weight excluding hydrogens is 242 g/mol. The van der Waals surface area contributed by atoms with Crippen molar-refractivity contribution in [3.05, 3.63) is 0 Å². The van der Waals surface area contributed by atoms with Crippen LogP contribution in [0.3, 0.4) is 0 Å². The maximum absolute atomic E-state index is 11.5. The first-order valence-corrected chi connectivity index (χ1v) is 7.32. The van der Waals surface area contributed by atoms with Crippen molar-refractivity contribution in [2.24, 2.45) is 0 Å². The third kappa shape index (κ3) is 11.7. The van der Waals surface area contributed by atoms with E-state index in [0.717, 1.165) is 32.5 Å². The topological polar surface area (TPSA) is 61.4 Å². The number of hydrogen-bond acceptors (Lipinski definition) is 3. The minimum Gasteiger partial charge on any atom is -0.356 e. The zero-order chi connectivity index (χ0) is 14.5. The Morgan fingerprint density at radius 2 is 1.58 bits per heavy atom. The molecule has 0 heterocycles. The maximum atomic E-state index is 11.5. The van der Waals surface area contributed by atoms with Gasteiger partial charge in [0.25, 0.3) is 0 Å². The van der Waals surface area contributed by atoms with Crippen LogP contribution >= 0.6 is 0 Å².